The molecule has 0 spiro atoms. The molecule has 1 amide bonds. The lowest BCUT2D eigenvalue weighted by Crippen LogP contribution is -2.35. The van der Waals surface area contributed by atoms with Gasteiger partial charge in [0.25, 0.3) is 5.91 Å². The lowest BCUT2D eigenvalue weighted by Gasteiger charge is -2.26. The molecule has 4 rings (SSSR count). The Balaban J connectivity index is 1.94. The fourth-order valence-corrected chi connectivity index (χ4v) is 3.96. The molecule has 0 aliphatic carbocycles. The molecule has 1 aromatic heterocycles. The van der Waals surface area contributed by atoms with Gasteiger partial charge in [-0.05, 0) is 50.0 Å². The van der Waals surface area contributed by atoms with E-state index in [1.54, 1.807) is 23.1 Å². The first-order valence-corrected chi connectivity index (χ1v) is 10.0. The number of carbonyl (C=O) groups excluding carboxylic acids is 1. The summed E-state index contributed by atoms with van der Waals surface area (Å²) in [6.07, 6.45) is 0. The molecule has 1 atom stereocenters. The maximum atomic E-state index is 13.3. The fourth-order valence-electron chi connectivity index (χ4n) is 3.52. The van der Waals surface area contributed by atoms with Gasteiger partial charge in [-0.15, -0.1) is 0 Å². The zero-order chi connectivity index (χ0) is 20.0. The molecule has 0 radical (unpaired) electrons. The lowest BCUT2D eigenvalue weighted by molar-refractivity contribution is 0.0716. The fraction of sp³-hybridized carbons (Fsp3) is 0.238. The van der Waals surface area contributed by atoms with E-state index in [2.05, 4.69) is 15.9 Å². The monoisotopic (exact) mass is 460 g/mol. The summed E-state index contributed by atoms with van der Waals surface area (Å²) >= 11 is 9.52. The van der Waals surface area contributed by atoms with Crippen LogP contribution in [0.2, 0.25) is 5.02 Å². The number of hydrogen-bond acceptors (Lipinski definition) is 4. The minimum Gasteiger partial charge on any atom is -0.450 e. The van der Waals surface area contributed by atoms with Gasteiger partial charge in [0.15, 0.2) is 5.43 Å². The summed E-state index contributed by atoms with van der Waals surface area (Å²) in [5.41, 5.74) is 1.39. The largest absolute Gasteiger partial charge is 0.450 e. The van der Waals surface area contributed by atoms with Crippen molar-refractivity contribution in [1.29, 1.82) is 0 Å². The molecule has 3 aromatic rings. The summed E-state index contributed by atoms with van der Waals surface area (Å²) < 4.78 is 6.82. The Hall–Kier alpha value is -2.15. The van der Waals surface area contributed by atoms with Crippen LogP contribution in [-0.2, 0) is 0 Å². The van der Waals surface area contributed by atoms with Gasteiger partial charge in [-0.25, -0.2) is 0 Å². The molecular weight excluding hydrogens is 444 g/mol. The van der Waals surface area contributed by atoms with E-state index >= 15 is 0 Å². The topological polar surface area (TPSA) is 53.8 Å². The number of likely N-dealkylation sites (N-methyl/N-ethyl adjacent to an activating group) is 1. The van der Waals surface area contributed by atoms with Gasteiger partial charge >= 0.3 is 0 Å². The predicted octanol–water partition coefficient (Wildman–Crippen LogP) is 4.32. The van der Waals surface area contributed by atoms with Gasteiger partial charge in [-0.3, -0.25) is 9.59 Å². The normalized spacial score (nSPS) is 16.2. The molecule has 1 unspecified atom stereocenters. The second kappa shape index (κ2) is 7.35. The highest BCUT2D eigenvalue weighted by Gasteiger charge is 2.42. The zero-order valence-electron chi connectivity index (χ0n) is 15.4. The third-order valence-corrected chi connectivity index (χ3v) is 5.67. The molecule has 0 saturated heterocycles. The molecular formula is C21H18BrClN2O3. The van der Waals surface area contributed by atoms with Crippen LogP contribution in [0.3, 0.4) is 0 Å². The van der Waals surface area contributed by atoms with Crippen molar-refractivity contribution in [3.8, 4) is 0 Å². The van der Waals surface area contributed by atoms with E-state index in [0.717, 1.165) is 10.0 Å². The van der Waals surface area contributed by atoms with Crippen LogP contribution >= 0.6 is 27.5 Å². The first-order chi connectivity index (χ1) is 13.4. The molecule has 1 aliphatic rings. The Morgan fingerprint density at radius 2 is 1.86 bits per heavy atom. The summed E-state index contributed by atoms with van der Waals surface area (Å²) in [7, 11) is 3.89. The van der Waals surface area contributed by atoms with Crippen molar-refractivity contribution in [3.63, 3.8) is 0 Å². The molecule has 0 fully saturated rings. The molecule has 144 valence electrons. The zero-order valence-corrected chi connectivity index (χ0v) is 17.8. The van der Waals surface area contributed by atoms with Gasteiger partial charge in [-0.2, -0.15) is 0 Å². The van der Waals surface area contributed by atoms with Crippen molar-refractivity contribution in [2.75, 3.05) is 27.2 Å². The van der Waals surface area contributed by atoms with Crippen molar-refractivity contribution in [1.82, 2.24) is 9.80 Å². The third-order valence-electron chi connectivity index (χ3n) is 4.90. The molecule has 5 nitrogen and oxygen atoms in total. The summed E-state index contributed by atoms with van der Waals surface area (Å²) in [5, 5.41) is 0.837. The number of rotatable bonds is 4. The maximum Gasteiger partial charge on any atom is 0.290 e. The SMILES string of the molecule is CN(C)CCN1C(=O)c2oc3ccc(Cl)cc3c(=O)c2C1c1ccc(Br)cc1. The minimum absolute atomic E-state index is 0.117. The van der Waals surface area contributed by atoms with Gasteiger partial charge in [-0.1, -0.05) is 39.7 Å². The number of halogens is 2. The highest BCUT2D eigenvalue weighted by atomic mass is 79.9. The lowest BCUT2D eigenvalue weighted by atomic mass is 9.98. The van der Waals surface area contributed by atoms with Crippen molar-refractivity contribution < 1.29 is 9.21 Å². The van der Waals surface area contributed by atoms with Crippen LogP contribution in [0, 0.1) is 0 Å². The van der Waals surface area contributed by atoms with Gasteiger partial charge < -0.3 is 14.2 Å². The smallest absolute Gasteiger partial charge is 0.290 e. The van der Waals surface area contributed by atoms with Gasteiger partial charge in [0, 0.05) is 22.6 Å². The van der Waals surface area contributed by atoms with E-state index in [-0.39, 0.29) is 17.1 Å². The average Bonchev–Trinajstić information content (AvgIpc) is 2.94. The highest BCUT2D eigenvalue weighted by molar-refractivity contribution is 9.10. The van der Waals surface area contributed by atoms with Crippen LogP contribution in [0.1, 0.15) is 27.7 Å². The number of carbonyl (C=O) groups is 1. The Morgan fingerprint density at radius 3 is 2.54 bits per heavy atom. The first kappa shape index (κ1) is 19.2. The van der Waals surface area contributed by atoms with E-state index in [4.69, 9.17) is 16.0 Å². The van der Waals surface area contributed by atoms with Crippen LogP contribution in [0.25, 0.3) is 11.0 Å². The third kappa shape index (κ3) is 3.26. The van der Waals surface area contributed by atoms with Crippen LogP contribution in [0.5, 0.6) is 0 Å². The van der Waals surface area contributed by atoms with E-state index in [1.807, 2.05) is 43.3 Å². The molecule has 0 N–H and O–H groups in total. The summed E-state index contributed by atoms with van der Waals surface area (Å²) in [5.74, 6) is -0.148. The average molecular weight is 462 g/mol. The van der Waals surface area contributed by atoms with E-state index in [1.165, 1.54) is 0 Å². The highest BCUT2D eigenvalue weighted by Crippen LogP contribution is 2.38. The molecule has 0 saturated carbocycles. The Labute approximate surface area is 175 Å². The van der Waals surface area contributed by atoms with Crippen molar-refractivity contribution in [3.05, 3.63) is 79.1 Å². The molecule has 2 heterocycles. The summed E-state index contributed by atoms with van der Waals surface area (Å²) in [6, 6.07) is 12.0. The minimum atomic E-state index is -0.491. The van der Waals surface area contributed by atoms with Gasteiger partial charge in [0.1, 0.15) is 5.58 Å². The summed E-state index contributed by atoms with van der Waals surface area (Å²) in [6.45, 7) is 1.15. The standard InChI is InChI=1S/C21H18BrClN2O3/c1-24(2)9-10-25-18(12-3-5-13(22)6-4-12)17-19(26)15-11-14(23)7-8-16(15)28-20(17)21(25)27/h3-8,11,18H,9-10H2,1-2H3. The van der Waals surface area contributed by atoms with E-state index in [0.29, 0.717) is 34.6 Å². The molecule has 1 aliphatic heterocycles. The Bertz CT molecular complexity index is 1120. The number of benzene rings is 2. The molecule has 0 bridgehead atoms. The van der Waals surface area contributed by atoms with E-state index in [9.17, 15) is 9.59 Å². The maximum absolute atomic E-state index is 13.3. The number of fused-ring (bicyclic) bond motifs is 2. The Kier molecular flexibility index (Phi) is 5.04. The van der Waals surface area contributed by atoms with Gasteiger partial charge in [0.2, 0.25) is 5.76 Å². The predicted molar refractivity (Wildman–Crippen MR) is 113 cm³/mol. The van der Waals surface area contributed by atoms with Crippen LogP contribution in [0.15, 0.2) is 56.1 Å². The number of nitrogens with zero attached hydrogens (tertiary/aromatic N) is 2. The van der Waals surface area contributed by atoms with Crippen molar-refractivity contribution in [2.45, 2.75) is 6.04 Å². The second-order valence-electron chi connectivity index (χ2n) is 7.07. The van der Waals surface area contributed by atoms with Crippen molar-refractivity contribution >= 4 is 44.4 Å². The first-order valence-electron chi connectivity index (χ1n) is 8.84. The molecule has 28 heavy (non-hydrogen) atoms. The second-order valence-corrected chi connectivity index (χ2v) is 8.42. The van der Waals surface area contributed by atoms with Crippen molar-refractivity contribution in [2.24, 2.45) is 0 Å². The quantitative estimate of drug-likeness (QED) is 0.581. The molecule has 7 heteroatoms. The Morgan fingerprint density at radius 1 is 1.14 bits per heavy atom. The van der Waals surface area contributed by atoms with Crippen LogP contribution in [-0.4, -0.2) is 42.9 Å². The molecule has 2 aromatic carbocycles. The van der Waals surface area contributed by atoms with Gasteiger partial charge in [0.05, 0.1) is 17.0 Å². The van der Waals surface area contributed by atoms with Crippen LogP contribution in [0.4, 0.5) is 0 Å². The number of amides is 1. The number of hydrogen-bond donors (Lipinski definition) is 0. The van der Waals surface area contributed by atoms with Crippen LogP contribution < -0.4 is 5.43 Å². The summed E-state index contributed by atoms with van der Waals surface area (Å²) in [4.78, 5) is 30.2. The van der Waals surface area contributed by atoms with E-state index < -0.39 is 6.04 Å².